The first kappa shape index (κ1) is 43.4. The maximum atomic E-state index is 14.2. The fourth-order valence-electron chi connectivity index (χ4n) is 6.86. The Morgan fingerprint density at radius 3 is 2.17 bits per heavy atom. The first-order valence-corrected chi connectivity index (χ1v) is 19.5. The van der Waals surface area contributed by atoms with E-state index >= 15 is 0 Å². The molecule has 17 nitrogen and oxygen atoms in total. The third-order valence-electron chi connectivity index (χ3n) is 9.96. The Morgan fingerprint density at radius 1 is 0.900 bits per heavy atom. The number of piperazine rings is 1. The number of piperidine rings is 1. The summed E-state index contributed by atoms with van der Waals surface area (Å²) in [6.07, 6.45) is -0.488. The first-order valence-electron chi connectivity index (χ1n) is 19.1. The average molecular weight is 856 g/mol. The molecule has 3 aromatic heterocycles. The minimum absolute atomic E-state index is 0.00692. The van der Waals surface area contributed by atoms with Crippen molar-refractivity contribution in [2.75, 3.05) is 56.4 Å². The number of likely N-dealkylation sites (tertiary alicyclic amines) is 1. The molecule has 60 heavy (non-hydrogen) atoms. The first-order chi connectivity index (χ1) is 28.3. The summed E-state index contributed by atoms with van der Waals surface area (Å²) in [5.41, 5.74) is 3.83. The predicted octanol–water partition coefficient (Wildman–Crippen LogP) is 4.81. The van der Waals surface area contributed by atoms with Gasteiger partial charge in [-0.3, -0.25) is 19.2 Å². The van der Waals surface area contributed by atoms with Crippen LogP contribution in [0.2, 0.25) is 5.02 Å². The van der Waals surface area contributed by atoms with E-state index in [0.717, 1.165) is 17.1 Å². The summed E-state index contributed by atoms with van der Waals surface area (Å²) in [5, 5.41) is 9.37. The van der Waals surface area contributed by atoms with Crippen molar-refractivity contribution in [2.45, 2.75) is 51.8 Å². The third kappa shape index (κ3) is 10.2. The molecular formula is C39H45ClF3N11O6. The number of carbonyl (C=O) groups excluding carboxylic acids is 5. The van der Waals surface area contributed by atoms with Gasteiger partial charge in [0.1, 0.15) is 5.60 Å². The number of halogens is 4. The molecular weight excluding hydrogens is 811 g/mol. The molecule has 0 atom stereocenters. The van der Waals surface area contributed by atoms with Gasteiger partial charge in [0, 0.05) is 77.1 Å². The molecule has 0 unspecified atom stereocenters. The van der Waals surface area contributed by atoms with Gasteiger partial charge in [-0.2, -0.15) is 18.3 Å². The number of hydrogen-bond acceptors (Lipinski definition) is 10. The van der Waals surface area contributed by atoms with Crippen LogP contribution in [0.4, 0.5) is 29.3 Å². The van der Waals surface area contributed by atoms with Crippen LogP contribution in [0.25, 0.3) is 17.1 Å². The summed E-state index contributed by atoms with van der Waals surface area (Å²) in [6.45, 7) is 7.75. The van der Waals surface area contributed by atoms with E-state index in [-0.39, 0.29) is 83.0 Å². The van der Waals surface area contributed by atoms with Crippen LogP contribution in [0.1, 0.15) is 66.7 Å². The minimum Gasteiger partial charge on any atom is -0.444 e. The third-order valence-corrected chi connectivity index (χ3v) is 10.3. The molecule has 5 amide bonds. The van der Waals surface area contributed by atoms with E-state index in [9.17, 15) is 37.1 Å². The fourth-order valence-corrected chi connectivity index (χ4v) is 7.12. The number of carbonyl (C=O) groups is 5. The van der Waals surface area contributed by atoms with Crippen LogP contribution < -0.4 is 16.4 Å². The van der Waals surface area contributed by atoms with E-state index in [1.807, 2.05) is 0 Å². The number of aromatic nitrogens is 5. The topological polar surface area (TPSA) is 203 Å². The lowest BCUT2D eigenvalue weighted by atomic mass is 9.95. The van der Waals surface area contributed by atoms with Crippen LogP contribution >= 0.6 is 11.6 Å². The molecule has 2 fully saturated rings. The fraction of sp³-hybridized carbons (Fsp3) is 0.436. The largest absolute Gasteiger partial charge is 0.444 e. The smallest absolute Gasteiger partial charge is 0.435 e. The van der Waals surface area contributed by atoms with E-state index in [4.69, 9.17) is 22.1 Å². The Hall–Kier alpha value is -6.18. The monoisotopic (exact) mass is 855 g/mol. The highest BCUT2D eigenvalue weighted by molar-refractivity contribution is 6.34. The van der Waals surface area contributed by atoms with Gasteiger partial charge in [-0.05, 0) is 63.9 Å². The lowest BCUT2D eigenvalue weighted by Gasteiger charge is -2.38. The second-order valence-corrected chi connectivity index (χ2v) is 15.8. The van der Waals surface area contributed by atoms with Gasteiger partial charge in [-0.1, -0.05) is 11.6 Å². The highest BCUT2D eigenvalue weighted by Crippen LogP contribution is 2.37. The van der Waals surface area contributed by atoms with Crippen molar-refractivity contribution in [3.63, 3.8) is 0 Å². The van der Waals surface area contributed by atoms with Crippen molar-refractivity contribution in [3.05, 3.63) is 71.0 Å². The molecule has 2 aliphatic rings. The van der Waals surface area contributed by atoms with Crippen molar-refractivity contribution in [3.8, 4) is 17.1 Å². The molecule has 6 rings (SSSR count). The summed E-state index contributed by atoms with van der Waals surface area (Å²) >= 11 is 6.53. The Bertz CT molecular complexity index is 2260. The Balaban J connectivity index is 1.06. The number of rotatable bonds is 10. The van der Waals surface area contributed by atoms with Crippen LogP contribution in [0.3, 0.4) is 0 Å². The summed E-state index contributed by atoms with van der Waals surface area (Å²) < 4.78 is 50.3. The molecule has 2 saturated heterocycles. The van der Waals surface area contributed by atoms with Crippen LogP contribution in [0.5, 0.6) is 0 Å². The zero-order chi connectivity index (χ0) is 43.5. The van der Waals surface area contributed by atoms with Gasteiger partial charge in [0.05, 0.1) is 39.9 Å². The number of imidazole rings is 1. The maximum absolute atomic E-state index is 14.2. The summed E-state index contributed by atoms with van der Waals surface area (Å²) in [4.78, 5) is 76.8. The van der Waals surface area contributed by atoms with Crippen LogP contribution in [0.15, 0.2) is 48.9 Å². The SMILES string of the molecule is Cn1c(-c2cn(-c3ccc(NCCC(N)=O)cn3)nc2C(F)(F)F)cnc1C(=O)Nc1ccc(C(=O)N2CCN(C(=O)C3CCN(C(=O)OC(C)(C)C)CC3)CC2)c(Cl)c1. The second kappa shape index (κ2) is 17.6. The van der Waals surface area contributed by atoms with Gasteiger partial charge in [0.2, 0.25) is 11.8 Å². The normalized spacial score (nSPS) is 15.2. The molecule has 0 bridgehead atoms. The molecule has 320 valence electrons. The Kier molecular flexibility index (Phi) is 12.7. The van der Waals surface area contributed by atoms with Gasteiger partial charge >= 0.3 is 12.3 Å². The summed E-state index contributed by atoms with van der Waals surface area (Å²) in [5.74, 6) is -1.97. The highest BCUT2D eigenvalue weighted by atomic mass is 35.5. The quantitative estimate of drug-likeness (QED) is 0.199. The van der Waals surface area contributed by atoms with E-state index < -0.39 is 35.4 Å². The second-order valence-electron chi connectivity index (χ2n) is 15.4. The molecule has 21 heteroatoms. The number of hydrogen-bond donors (Lipinski definition) is 3. The molecule has 0 radical (unpaired) electrons. The average Bonchev–Trinajstić information content (AvgIpc) is 3.81. The van der Waals surface area contributed by atoms with Crippen LogP contribution in [-0.4, -0.2) is 120 Å². The zero-order valence-electron chi connectivity index (χ0n) is 33.4. The zero-order valence-corrected chi connectivity index (χ0v) is 34.1. The number of benzene rings is 1. The van der Waals surface area contributed by atoms with Gasteiger partial charge in [0.15, 0.2) is 17.3 Å². The van der Waals surface area contributed by atoms with Crippen LogP contribution in [0, 0.1) is 5.92 Å². The molecule has 4 aromatic rings. The number of pyridine rings is 1. The van der Waals surface area contributed by atoms with E-state index in [2.05, 4.69) is 25.7 Å². The number of amides is 5. The van der Waals surface area contributed by atoms with Gasteiger partial charge < -0.3 is 40.4 Å². The number of nitrogens with zero attached hydrogens (tertiary/aromatic N) is 8. The standard InChI is InChI=1S/C39H45ClF3N11O6/c1-38(2,3)60-37(59)53-13-10-23(11-14-53)35(57)51-15-17-52(18-16-51)36(58)26-7-5-24(19-28(26)40)48-34(56)33-47-21-29(50(33)4)27-22-54(49-32(27)39(41,42)43)31-8-6-25(20-46-31)45-12-9-30(44)55/h5-8,19-23,45H,9-18H2,1-4H3,(H2,44,55)(H,48,56). The number of primary amides is 1. The van der Waals surface area contributed by atoms with E-state index in [0.29, 0.717) is 44.7 Å². The summed E-state index contributed by atoms with van der Waals surface area (Å²) in [7, 11) is 1.39. The minimum atomic E-state index is -4.87. The number of anilines is 2. The number of nitrogens with one attached hydrogen (secondary N) is 2. The van der Waals surface area contributed by atoms with Gasteiger partial charge in [-0.15, -0.1) is 0 Å². The molecule has 5 heterocycles. The number of ether oxygens (including phenoxy) is 1. The Labute approximate surface area is 348 Å². The number of alkyl halides is 3. The highest BCUT2D eigenvalue weighted by Gasteiger charge is 2.39. The predicted molar refractivity (Wildman–Crippen MR) is 213 cm³/mol. The van der Waals surface area contributed by atoms with E-state index in [1.54, 1.807) is 41.5 Å². The molecule has 0 aliphatic carbocycles. The lowest BCUT2D eigenvalue weighted by molar-refractivity contribution is -0.141. The van der Waals surface area contributed by atoms with Crippen molar-refractivity contribution in [1.82, 2.24) is 39.0 Å². The van der Waals surface area contributed by atoms with Crippen molar-refractivity contribution < 1.29 is 41.9 Å². The Morgan fingerprint density at radius 2 is 1.57 bits per heavy atom. The van der Waals surface area contributed by atoms with Crippen molar-refractivity contribution in [2.24, 2.45) is 18.7 Å². The summed E-state index contributed by atoms with van der Waals surface area (Å²) in [6, 6.07) is 7.33. The molecule has 0 spiro atoms. The van der Waals surface area contributed by atoms with Crippen LogP contribution in [-0.2, 0) is 27.5 Å². The molecule has 4 N–H and O–H groups in total. The lowest BCUT2D eigenvalue weighted by Crippen LogP contribution is -2.53. The molecule has 2 aliphatic heterocycles. The van der Waals surface area contributed by atoms with Gasteiger partial charge in [-0.25, -0.2) is 19.4 Å². The van der Waals surface area contributed by atoms with Gasteiger partial charge in [0.25, 0.3) is 11.8 Å². The molecule has 0 saturated carbocycles. The van der Waals surface area contributed by atoms with Crippen molar-refractivity contribution in [1.29, 1.82) is 0 Å². The molecule has 1 aromatic carbocycles. The number of nitrogens with two attached hydrogens (primary N) is 1. The van der Waals surface area contributed by atoms with E-state index in [1.165, 1.54) is 42.1 Å². The maximum Gasteiger partial charge on any atom is 0.435 e. The van der Waals surface area contributed by atoms with Crippen molar-refractivity contribution >= 4 is 52.7 Å².